The average Bonchev–Trinajstić information content (AvgIpc) is 2.75. The predicted octanol–water partition coefficient (Wildman–Crippen LogP) is 2.24. The number of urea groups is 1. The van der Waals surface area contributed by atoms with E-state index in [0.29, 0.717) is 6.42 Å². The van der Waals surface area contributed by atoms with E-state index in [1.807, 2.05) is 6.92 Å². The van der Waals surface area contributed by atoms with E-state index in [0.717, 1.165) is 0 Å². The van der Waals surface area contributed by atoms with Crippen molar-refractivity contribution in [3.8, 4) is 0 Å². The van der Waals surface area contributed by atoms with Crippen molar-refractivity contribution in [2.75, 3.05) is 6.61 Å². The minimum absolute atomic E-state index is 0.0545. The fraction of sp³-hybridized carbons (Fsp3) is 0.227. The Kier molecular flexibility index (Phi) is 6.06. The summed E-state index contributed by atoms with van der Waals surface area (Å²) in [6.07, 6.45) is 0.686. The third kappa shape index (κ3) is 4.12. The smallest absolute Gasteiger partial charge is 0.339 e. The number of ketones is 2. The van der Waals surface area contributed by atoms with Crippen LogP contribution in [-0.2, 0) is 9.53 Å². The molecule has 1 aliphatic carbocycles. The molecule has 0 heterocycles. The van der Waals surface area contributed by atoms with Crippen molar-refractivity contribution in [2.24, 2.45) is 0 Å². The summed E-state index contributed by atoms with van der Waals surface area (Å²) in [5.41, 5.74) is 0.408. The molecule has 2 aromatic rings. The van der Waals surface area contributed by atoms with Gasteiger partial charge in [0.15, 0.2) is 18.2 Å². The van der Waals surface area contributed by atoms with Crippen molar-refractivity contribution in [3.05, 3.63) is 70.3 Å². The van der Waals surface area contributed by atoms with Gasteiger partial charge in [0, 0.05) is 28.3 Å². The average molecular weight is 408 g/mol. The van der Waals surface area contributed by atoms with E-state index in [-0.39, 0.29) is 39.6 Å². The Balaban J connectivity index is 1.74. The van der Waals surface area contributed by atoms with Crippen LogP contribution in [0.5, 0.6) is 0 Å². The second kappa shape index (κ2) is 8.69. The number of rotatable bonds is 5. The first-order chi connectivity index (χ1) is 14.3. The van der Waals surface area contributed by atoms with Crippen LogP contribution in [0.1, 0.15) is 62.5 Å². The molecule has 1 aliphatic rings. The molecular weight excluding hydrogens is 388 g/mol. The Labute approximate surface area is 172 Å². The first-order valence-corrected chi connectivity index (χ1v) is 9.42. The summed E-state index contributed by atoms with van der Waals surface area (Å²) in [4.78, 5) is 61.7. The third-order valence-electron chi connectivity index (χ3n) is 4.75. The zero-order valence-corrected chi connectivity index (χ0v) is 16.5. The molecule has 0 saturated carbocycles. The number of ether oxygens (including phenoxy) is 1. The van der Waals surface area contributed by atoms with Gasteiger partial charge in [0.05, 0.1) is 5.56 Å². The van der Waals surface area contributed by atoms with Crippen molar-refractivity contribution in [2.45, 2.75) is 26.3 Å². The normalized spacial score (nSPS) is 13.0. The second-order valence-corrected chi connectivity index (χ2v) is 6.84. The molecule has 154 valence electrons. The SMILES string of the molecule is CC[C@H](C)NC(=O)NC(=O)COC(=O)c1cccc2c1C(=O)c1ccccc1C2=O. The van der Waals surface area contributed by atoms with Crippen LogP contribution in [0.4, 0.5) is 4.79 Å². The van der Waals surface area contributed by atoms with Crippen LogP contribution in [0.2, 0.25) is 0 Å². The third-order valence-corrected chi connectivity index (χ3v) is 4.75. The number of fused-ring (bicyclic) bond motifs is 2. The summed E-state index contributed by atoms with van der Waals surface area (Å²) in [6, 6.07) is 9.83. The number of amides is 3. The lowest BCUT2D eigenvalue weighted by Gasteiger charge is -2.19. The maximum Gasteiger partial charge on any atom is 0.339 e. The molecule has 0 aliphatic heterocycles. The van der Waals surface area contributed by atoms with Gasteiger partial charge in [-0.1, -0.05) is 43.3 Å². The largest absolute Gasteiger partial charge is 0.452 e. The monoisotopic (exact) mass is 408 g/mol. The summed E-state index contributed by atoms with van der Waals surface area (Å²) in [7, 11) is 0. The summed E-state index contributed by atoms with van der Waals surface area (Å²) in [5, 5.41) is 4.60. The second-order valence-electron chi connectivity index (χ2n) is 6.84. The molecule has 0 radical (unpaired) electrons. The molecule has 1 atom stereocenters. The number of benzene rings is 2. The van der Waals surface area contributed by atoms with E-state index in [1.54, 1.807) is 25.1 Å². The van der Waals surface area contributed by atoms with Crippen molar-refractivity contribution in [1.82, 2.24) is 10.6 Å². The molecule has 0 fully saturated rings. The van der Waals surface area contributed by atoms with Crippen molar-refractivity contribution >= 4 is 29.5 Å². The highest BCUT2D eigenvalue weighted by atomic mass is 16.5. The van der Waals surface area contributed by atoms with Gasteiger partial charge in [0.2, 0.25) is 0 Å². The van der Waals surface area contributed by atoms with Crippen LogP contribution < -0.4 is 10.6 Å². The lowest BCUT2D eigenvalue weighted by Crippen LogP contribution is -2.44. The number of nitrogens with one attached hydrogen (secondary N) is 2. The van der Waals surface area contributed by atoms with Gasteiger partial charge in [0.1, 0.15) is 0 Å². The molecular formula is C22H20N2O6. The van der Waals surface area contributed by atoms with E-state index < -0.39 is 30.3 Å². The zero-order valence-electron chi connectivity index (χ0n) is 16.5. The molecule has 0 unspecified atom stereocenters. The van der Waals surface area contributed by atoms with Gasteiger partial charge in [-0.05, 0) is 19.4 Å². The number of carbonyl (C=O) groups is 5. The highest BCUT2D eigenvalue weighted by molar-refractivity contribution is 6.30. The maximum absolute atomic E-state index is 12.9. The summed E-state index contributed by atoms with van der Waals surface area (Å²) in [5.74, 6) is -2.59. The molecule has 2 N–H and O–H groups in total. The minimum Gasteiger partial charge on any atom is -0.452 e. The molecule has 0 bridgehead atoms. The summed E-state index contributed by atoms with van der Waals surface area (Å²) >= 11 is 0. The lowest BCUT2D eigenvalue weighted by atomic mass is 9.82. The Morgan fingerprint density at radius 3 is 2.23 bits per heavy atom. The number of hydrogen-bond donors (Lipinski definition) is 2. The van der Waals surface area contributed by atoms with Gasteiger partial charge < -0.3 is 10.1 Å². The van der Waals surface area contributed by atoms with Crippen molar-refractivity contribution in [1.29, 1.82) is 0 Å². The Bertz CT molecular complexity index is 1060. The van der Waals surface area contributed by atoms with Crippen molar-refractivity contribution in [3.63, 3.8) is 0 Å². The molecule has 30 heavy (non-hydrogen) atoms. The van der Waals surface area contributed by atoms with Crippen LogP contribution >= 0.6 is 0 Å². The predicted molar refractivity (Wildman–Crippen MR) is 106 cm³/mol. The number of carbonyl (C=O) groups excluding carboxylic acids is 5. The summed E-state index contributed by atoms with van der Waals surface area (Å²) in [6.45, 7) is 2.94. The molecule has 8 nitrogen and oxygen atoms in total. The maximum atomic E-state index is 12.9. The highest BCUT2D eigenvalue weighted by Gasteiger charge is 2.33. The van der Waals surface area contributed by atoms with Gasteiger partial charge >= 0.3 is 12.0 Å². The fourth-order valence-electron chi connectivity index (χ4n) is 3.05. The van der Waals surface area contributed by atoms with Crippen LogP contribution in [0, 0.1) is 0 Å². The van der Waals surface area contributed by atoms with Crippen LogP contribution in [0.25, 0.3) is 0 Å². The first-order valence-electron chi connectivity index (χ1n) is 9.42. The van der Waals surface area contributed by atoms with Gasteiger partial charge in [-0.25, -0.2) is 9.59 Å². The molecule has 2 aromatic carbocycles. The van der Waals surface area contributed by atoms with Gasteiger partial charge in [-0.3, -0.25) is 19.7 Å². The number of esters is 1. The van der Waals surface area contributed by atoms with Crippen molar-refractivity contribution < 1.29 is 28.7 Å². The Hall–Kier alpha value is -3.81. The highest BCUT2D eigenvalue weighted by Crippen LogP contribution is 2.29. The zero-order chi connectivity index (χ0) is 21.8. The molecule has 0 spiro atoms. The van der Waals surface area contributed by atoms with Gasteiger partial charge in [0.25, 0.3) is 5.91 Å². The first kappa shape index (κ1) is 20.9. The molecule has 0 saturated heterocycles. The lowest BCUT2D eigenvalue weighted by molar-refractivity contribution is -0.123. The quantitative estimate of drug-likeness (QED) is 0.625. The number of hydrogen-bond acceptors (Lipinski definition) is 6. The number of imide groups is 1. The van der Waals surface area contributed by atoms with Crippen LogP contribution in [0.15, 0.2) is 42.5 Å². The standard InChI is InChI=1S/C22H20N2O6/c1-3-12(2)23-22(29)24-17(25)11-30-21(28)16-10-6-9-15-18(16)20(27)14-8-5-4-7-13(14)19(15)26/h4-10,12H,3,11H2,1-2H3,(H2,23,24,25,29)/t12-/m0/s1. The topological polar surface area (TPSA) is 119 Å². The van der Waals surface area contributed by atoms with E-state index in [1.165, 1.54) is 24.3 Å². The van der Waals surface area contributed by atoms with Gasteiger partial charge in [-0.15, -0.1) is 0 Å². The minimum atomic E-state index is -0.940. The summed E-state index contributed by atoms with van der Waals surface area (Å²) < 4.78 is 4.97. The Morgan fingerprint density at radius 1 is 0.933 bits per heavy atom. The van der Waals surface area contributed by atoms with Crippen LogP contribution in [-0.4, -0.2) is 42.1 Å². The van der Waals surface area contributed by atoms with E-state index in [2.05, 4.69) is 10.6 Å². The van der Waals surface area contributed by atoms with E-state index in [4.69, 9.17) is 4.74 Å². The molecule has 0 aromatic heterocycles. The van der Waals surface area contributed by atoms with Gasteiger partial charge in [-0.2, -0.15) is 0 Å². The van der Waals surface area contributed by atoms with Crippen LogP contribution in [0.3, 0.4) is 0 Å². The van der Waals surface area contributed by atoms with E-state index in [9.17, 15) is 24.0 Å². The molecule has 3 amide bonds. The Morgan fingerprint density at radius 2 is 1.57 bits per heavy atom. The molecule has 8 heteroatoms. The molecule has 3 rings (SSSR count). The van der Waals surface area contributed by atoms with E-state index >= 15 is 0 Å². The fourth-order valence-corrected chi connectivity index (χ4v) is 3.05.